The highest BCUT2D eigenvalue weighted by molar-refractivity contribution is 5.92. The number of aliphatic hydroxyl groups is 1. The van der Waals surface area contributed by atoms with Gasteiger partial charge in [0, 0.05) is 50.2 Å². The lowest BCUT2D eigenvalue weighted by Crippen LogP contribution is -2.59. The van der Waals surface area contributed by atoms with Crippen LogP contribution in [0.5, 0.6) is 0 Å². The third-order valence-corrected chi connectivity index (χ3v) is 8.52. The van der Waals surface area contributed by atoms with Gasteiger partial charge in [-0.2, -0.15) is 0 Å². The van der Waals surface area contributed by atoms with Crippen LogP contribution in [0, 0.1) is 5.92 Å². The van der Waals surface area contributed by atoms with Crippen LogP contribution in [0.15, 0.2) is 54.6 Å². The minimum absolute atomic E-state index is 0.00797. The first-order chi connectivity index (χ1) is 17.6. The number of nitrogens with two attached hydrogens (primary N) is 1. The largest absolute Gasteiger partial charge is 0.385 e. The molecule has 7 nitrogen and oxygen atoms in total. The molecule has 1 amide bonds. The van der Waals surface area contributed by atoms with Gasteiger partial charge in [-0.3, -0.25) is 4.79 Å². The van der Waals surface area contributed by atoms with E-state index in [1.165, 1.54) is 0 Å². The van der Waals surface area contributed by atoms with Crippen molar-refractivity contribution in [1.82, 2.24) is 19.8 Å². The van der Waals surface area contributed by atoms with Gasteiger partial charge in [0.25, 0.3) is 5.91 Å². The summed E-state index contributed by atoms with van der Waals surface area (Å²) in [5.74, 6) is 0.546. The van der Waals surface area contributed by atoms with Crippen molar-refractivity contribution < 1.29 is 9.90 Å². The van der Waals surface area contributed by atoms with Gasteiger partial charge in [0.2, 0.25) is 0 Å². The Balaban J connectivity index is 1.36. The molecule has 1 saturated heterocycles. The maximum Gasteiger partial charge on any atom is 0.290 e. The molecule has 1 saturated carbocycles. The van der Waals surface area contributed by atoms with Crippen molar-refractivity contribution >= 4 is 5.91 Å². The monoisotopic (exact) mass is 485 g/mol. The van der Waals surface area contributed by atoms with Crippen LogP contribution < -0.4 is 11.1 Å². The Morgan fingerprint density at radius 3 is 2.78 bits per heavy atom. The van der Waals surface area contributed by atoms with Gasteiger partial charge in [-0.1, -0.05) is 61.4 Å². The smallest absolute Gasteiger partial charge is 0.290 e. The number of imidazole rings is 1. The van der Waals surface area contributed by atoms with Gasteiger partial charge in [-0.25, -0.2) is 4.98 Å². The summed E-state index contributed by atoms with van der Waals surface area (Å²) in [6, 6.07) is 18.2. The second-order valence-corrected chi connectivity index (χ2v) is 10.5. The van der Waals surface area contributed by atoms with Crippen LogP contribution in [0.1, 0.15) is 59.5 Å². The third kappa shape index (κ3) is 3.86. The van der Waals surface area contributed by atoms with Crippen molar-refractivity contribution in [2.24, 2.45) is 11.7 Å². The summed E-state index contributed by atoms with van der Waals surface area (Å²) < 4.78 is 2.11. The van der Waals surface area contributed by atoms with Crippen LogP contribution in [0.3, 0.4) is 0 Å². The molecule has 2 aromatic carbocycles. The molecule has 2 aliphatic heterocycles. The SMILES string of the molecule is NCc1cccc(-c2nc(C(=O)N3CC[C@](O)(c4ccccc4)[C@H]4CCCCC43)n3c2CNCC3)c1. The number of nitrogens with one attached hydrogen (secondary N) is 1. The second kappa shape index (κ2) is 9.47. The average molecular weight is 486 g/mol. The molecule has 36 heavy (non-hydrogen) atoms. The average Bonchev–Trinajstić information content (AvgIpc) is 3.33. The Hall–Kier alpha value is -3.00. The van der Waals surface area contributed by atoms with E-state index in [1.54, 1.807) is 0 Å². The van der Waals surface area contributed by atoms with Gasteiger partial charge in [-0.05, 0) is 36.5 Å². The van der Waals surface area contributed by atoms with E-state index < -0.39 is 5.60 Å². The second-order valence-electron chi connectivity index (χ2n) is 10.5. The Morgan fingerprint density at radius 2 is 1.94 bits per heavy atom. The van der Waals surface area contributed by atoms with Gasteiger partial charge in [0.1, 0.15) is 0 Å². The standard InChI is InChI=1S/C29H35N5O2/c30-18-20-7-6-8-21(17-20)26-25-19-31-14-16-33(25)27(32-26)28(35)34-15-13-29(36,22-9-2-1-3-10-22)23-11-4-5-12-24(23)34/h1-3,6-10,17,23-24,31,36H,4-5,11-16,18-19,30H2/t23-,24?,29-/m0/s1. The number of amides is 1. The molecule has 6 rings (SSSR count). The molecule has 0 radical (unpaired) electrons. The molecule has 1 aromatic heterocycles. The van der Waals surface area contributed by atoms with E-state index in [0.717, 1.165) is 66.9 Å². The topological polar surface area (TPSA) is 96.4 Å². The molecule has 7 heteroatoms. The quantitative estimate of drug-likeness (QED) is 0.526. The predicted molar refractivity (Wildman–Crippen MR) is 139 cm³/mol. The number of benzene rings is 2. The number of nitrogens with zero attached hydrogens (tertiary/aromatic N) is 3. The lowest BCUT2D eigenvalue weighted by Gasteiger charge is -2.52. The summed E-state index contributed by atoms with van der Waals surface area (Å²) in [5.41, 5.74) is 9.93. The summed E-state index contributed by atoms with van der Waals surface area (Å²) >= 11 is 0. The van der Waals surface area contributed by atoms with E-state index in [-0.39, 0.29) is 17.9 Å². The van der Waals surface area contributed by atoms with Crippen molar-refractivity contribution in [3.63, 3.8) is 0 Å². The summed E-state index contributed by atoms with van der Waals surface area (Å²) in [5, 5.41) is 15.4. The Labute approximate surface area is 212 Å². The van der Waals surface area contributed by atoms with Crippen LogP contribution in [0.2, 0.25) is 0 Å². The number of hydrogen-bond acceptors (Lipinski definition) is 5. The molecule has 2 fully saturated rings. The first-order valence-corrected chi connectivity index (χ1v) is 13.3. The van der Waals surface area contributed by atoms with Crippen molar-refractivity contribution in [2.75, 3.05) is 13.1 Å². The molecular formula is C29H35N5O2. The highest BCUT2D eigenvalue weighted by Crippen LogP contribution is 2.47. The summed E-state index contributed by atoms with van der Waals surface area (Å²) in [6.45, 7) is 3.21. The number of aromatic nitrogens is 2. The van der Waals surface area contributed by atoms with Crippen molar-refractivity contribution in [3.8, 4) is 11.3 Å². The number of rotatable bonds is 4. The maximum atomic E-state index is 14.2. The zero-order chi connectivity index (χ0) is 24.7. The Kier molecular flexibility index (Phi) is 6.15. The van der Waals surface area contributed by atoms with E-state index in [2.05, 4.69) is 16.0 Å². The van der Waals surface area contributed by atoms with Crippen molar-refractivity contribution in [1.29, 1.82) is 0 Å². The lowest BCUT2D eigenvalue weighted by atomic mass is 9.66. The number of fused-ring (bicyclic) bond motifs is 2. The van der Waals surface area contributed by atoms with Crippen LogP contribution >= 0.6 is 0 Å². The van der Waals surface area contributed by atoms with Gasteiger partial charge in [0.05, 0.1) is 17.0 Å². The summed E-state index contributed by atoms with van der Waals surface area (Å²) in [6.07, 6.45) is 4.57. The zero-order valence-electron chi connectivity index (χ0n) is 20.7. The fraction of sp³-hybridized carbons (Fsp3) is 0.448. The zero-order valence-corrected chi connectivity index (χ0v) is 20.7. The molecule has 0 bridgehead atoms. The molecule has 3 heterocycles. The van der Waals surface area contributed by atoms with E-state index in [4.69, 9.17) is 10.7 Å². The number of piperidine rings is 1. The molecule has 0 spiro atoms. The first kappa shape index (κ1) is 23.4. The van der Waals surface area contributed by atoms with Gasteiger partial charge < -0.3 is 25.6 Å². The minimum atomic E-state index is -0.896. The lowest BCUT2D eigenvalue weighted by molar-refractivity contribution is -0.110. The minimum Gasteiger partial charge on any atom is -0.385 e. The number of likely N-dealkylation sites (tertiary alicyclic amines) is 1. The predicted octanol–water partition coefficient (Wildman–Crippen LogP) is 3.40. The fourth-order valence-electron chi connectivity index (χ4n) is 6.69. The molecule has 3 aliphatic rings. The number of carbonyl (C=O) groups is 1. The van der Waals surface area contributed by atoms with E-state index in [1.807, 2.05) is 53.4 Å². The Morgan fingerprint density at radius 1 is 1.11 bits per heavy atom. The van der Waals surface area contributed by atoms with E-state index in [9.17, 15) is 9.90 Å². The van der Waals surface area contributed by atoms with Gasteiger partial charge >= 0.3 is 0 Å². The molecule has 1 aliphatic carbocycles. The van der Waals surface area contributed by atoms with E-state index in [0.29, 0.717) is 31.9 Å². The Bertz CT molecular complexity index is 1260. The van der Waals surface area contributed by atoms with Crippen LogP contribution in [-0.4, -0.2) is 44.6 Å². The molecule has 4 N–H and O–H groups in total. The normalized spacial score (nSPS) is 25.8. The first-order valence-electron chi connectivity index (χ1n) is 13.3. The van der Waals surface area contributed by atoms with E-state index >= 15 is 0 Å². The van der Waals surface area contributed by atoms with Crippen LogP contribution in [0.4, 0.5) is 0 Å². The number of hydrogen-bond donors (Lipinski definition) is 3. The van der Waals surface area contributed by atoms with Crippen LogP contribution in [-0.2, 0) is 25.2 Å². The van der Waals surface area contributed by atoms with Crippen molar-refractivity contribution in [2.45, 2.75) is 63.4 Å². The molecular weight excluding hydrogens is 450 g/mol. The van der Waals surface area contributed by atoms with Gasteiger partial charge in [0.15, 0.2) is 5.82 Å². The van der Waals surface area contributed by atoms with Gasteiger partial charge in [-0.15, -0.1) is 0 Å². The maximum absolute atomic E-state index is 14.2. The summed E-state index contributed by atoms with van der Waals surface area (Å²) in [7, 11) is 0. The highest BCUT2D eigenvalue weighted by atomic mass is 16.3. The molecule has 3 atom stereocenters. The molecule has 1 unspecified atom stereocenters. The molecule has 188 valence electrons. The molecule has 3 aromatic rings. The summed E-state index contributed by atoms with van der Waals surface area (Å²) in [4.78, 5) is 21.2. The fourth-order valence-corrected chi connectivity index (χ4v) is 6.69. The van der Waals surface area contributed by atoms with Crippen LogP contribution in [0.25, 0.3) is 11.3 Å². The third-order valence-electron chi connectivity index (χ3n) is 8.52. The van der Waals surface area contributed by atoms with Crippen molar-refractivity contribution in [3.05, 3.63) is 77.2 Å². The number of carbonyl (C=O) groups excluding carboxylic acids is 1. The highest BCUT2D eigenvalue weighted by Gasteiger charge is 2.51.